The number of thiazole rings is 1. The number of hydrogen-bond acceptors (Lipinski definition) is 3. The number of aromatic nitrogens is 1. The fraction of sp³-hybridized carbons (Fsp3) is 0.286. The first-order valence-electron chi connectivity index (χ1n) is 5.77. The van der Waals surface area contributed by atoms with E-state index in [0.717, 1.165) is 17.8 Å². The van der Waals surface area contributed by atoms with Gasteiger partial charge in [-0.3, -0.25) is 4.79 Å². The Morgan fingerprint density at radius 2 is 1.94 bits per heavy atom. The Morgan fingerprint density at radius 3 is 2.47 bits per heavy atom. The molecule has 1 aromatic heterocycles. The van der Waals surface area contributed by atoms with Crippen molar-refractivity contribution in [2.45, 2.75) is 25.7 Å². The number of carbonyl (C=O) groups is 1. The minimum absolute atomic E-state index is 0.0583. The number of rotatable bonds is 2. The predicted molar refractivity (Wildman–Crippen MR) is 68.7 cm³/mol. The molecule has 3 heteroatoms. The van der Waals surface area contributed by atoms with Gasteiger partial charge >= 0.3 is 0 Å². The highest BCUT2D eigenvalue weighted by Crippen LogP contribution is 2.35. The first-order valence-corrected chi connectivity index (χ1v) is 6.65. The van der Waals surface area contributed by atoms with E-state index in [9.17, 15) is 4.79 Å². The van der Waals surface area contributed by atoms with Crippen molar-refractivity contribution in [2.24, 2.45) is 0 Å². The lowest BCUT2D eigenvalue weighted by Crippen LogP contribution is -1.99. The molecule has 0 radical (unpaired) electrons. The topological polar surface area (TPSA) is 30.0 Å². The van der Waals surface area contributed by atoms with Crippen LogP contribution in [-0.2, 0) is 12.8 Å². The molecule has 86 valence electrons. The summed E-state index contributed by atoms with van der Waals surface area (Å²) >= 11 is 1.61. The maximum atomic E-state index is 11.2. The van der Waals surface area contributed by atoms with E-state index in [-0.39, 0.29) is 5.78 Å². The normalized spacial score (nSPS) is 14.9. The fourth-order valence-corrected chi connectivity index (χ4v) is 3.33. The molecular weight excluding hydrogens is 230 g/mol. The molecule has 0 bridgehead atoms. The zero-order valence-corrected chi connectivity index (χ0v) is 10.5. The molecule has 3 rings (SSSR count). The van der Waals surface area contributed by atoms with Gasteiger partial charge in [-0.15, -0.1) is 11.3 Å². The van der Waals surface area contributed by atoms with Gasteiger partial charge in [0.05, 0.1) is 5.01 Å². The monoisotopic (exact) mass is 243 g/mol. The smallest absolute Gasteiger partial charge is 0.178 e. The Bertz CT molecular complexity index is 548. The highest BCUT2D eigenvalue weighted by molar-refractivity contribution is 7.09. The zero-order chi connectivity index (χ0) is 11.8. The van der Waals surface area contributed by atoms with E-state index < -0.39 is 0 Å². The molecule has 1 heterocycles. The van der Waals surface area contributed by atoms with Crippen LogP contribution < -0.4 is 0 Å². The van der Waals surface area contributed by atoms with Crippen LogP contribution in [0.4, 0.5) is 0 Å². The molecule has 1 aliphatic carbocycles. The van der Waals surface area contributed by atoms with Gasteiger partial charge in [0.25, 0.3) is 0 Å². The van der Waals surface area contributed by atoms with Crippen molar-refractivity contribution in [3.05, 3.63) is 51.5 Å². The minimum atomic E-state index is 0.0583. The van der Waals surface area contributed by atoms with Gasteiger partial charge in [0.15, 0.2) is 5.78 Å². The van der Waals surface area contributed by atoms with Crippen molar-refractivity contribution >= 4 is 17.1 Å². The highest BCUT2D eigenvalue weighted by Gasteiger charge is 2.25. The molecule has 2 aromatic rings. The minimum Gasteiger partial charge on any atom is -0.293 e. The van der Waals surface area contributed by atoms with E-state index in [4.69, 9.17) is 0 Å². The van der Waals surface area contributed by atoms with Crippen molar-refractivity contribution in [3.63, 3.8) is 0 Å². The van der Waals surface area contributed by atoms with Crippen LogP contribution in [-0.4, -0.2) is 10.8 Å². The molecule has 1 aromatic carbocycles. The summed E-state index contributed by atoms with van der Waals surface area (Å²) in [7, 11) is 0. The quantitative estimate of drug-likeness (QED) is 0.758. The summed E-state index contributed by atoms with van der Waals surface area (Å²) < 4.78 is 0. The molecule has 0 fully saturated rings. The maximum Gasteiger partial charge on any atom is 0.178 e. The van der Waals surface area contributed by atoms with Crippen molar-refractivity contribution in [2.75, 3.05) is 0 Å². The van der Waals surface area contributed by atoms with Crippen LogP contribution in [0.25, 0.3) is 0 Å². The van der Waals surface area contributed by atoms with Crippen LogP contribution in [0.15, 0.2) is 29.6 Å². The second kappa shape index (κ2) is 4.08. The summed E-state index contributed by atoms with van der Waals surface area (Å²) in [6.07, 6.45) is 2.11. The first kappa shape index (κ1) is 10.7. The lowest BCUT2D eigenvalue weighted by Gasteiger charge is -2.03. The summed E-state index contributed by atoms with van der Waals surface area (Å²) in [5.74, 6) is 0.522. The molecule has 2 nitrogen and oxygen atoms in total. The molecular formula is C14H13NOS. The fourth-order valence-electron chi connectivity index (χ4n) is 2.37. The van der Waals surface area contributed by atoms with Crippen LogP contribution in [0.5, 0.6) is 0 Å². The Labute approximate surface area is 104 Å². The first-order chi connectivity index (χ1) is 8.24. The van der Waals surface area contributed by atoms with Gasteiger partial charge in [-0.25, -0.2) is 4.98 Å². The third-order valence-corrected chi connectivity index (χ3v) is 4.29. The van der Waals surface area contributed by atoms with Crippen molar-refractivity contribution in [3.8, 4) is 0 Å². The molecule has 0 atom stereocenters. The number of hydrogen-bond donors (Lipinski definition) is 0. The standard InChI is InChI=1S/C14H13NOS/c1-9(16)13-8-17-14(15-13)12-6-10-4-2-3-5-11(10)7-12/h2-5,8,12H,6-7H2,1H3. The summed E-state index contributed by atoms with van der Waals surface area (Å²) in [5, 5.41) is 2.98. The molecule has 0 spiro atoms. The third kappa shape index (κ3) is 1.91. The van der Waals surface area contributed by atoms with Gasteiger partial charge in [0.2, 0.25) is 0 Å². The number of Topliss-reactive ketones (excluding diaryl/α,β-unsaturated/α-hetero) is 1. The highest BCUT2D eigenvalue weighted by atomic mass is 32.1. The van der Waals surface area contributed by atoms with Crippen LogP contribution in [0.2, 0.25) is 0 Å². The van der Waals surface area contributed by atoms with E-state index >= 15 is 0 Å². The van der Waals surface area contributed by atoms with E-state index in [1.165, 1.54) is 11.1 Å². The van der Waals surface area contributed by atoms with E-state index in [2.05, 4.69) is 29.2 Å². The van der Waals surface area contributed by atoms with Gasteiger partial charge in [-0.2, -0.15) is 0 Å². The lowest BCUT2D eigenvalue weighted by molar-refractivity contribution is 0.101. The Balaban J connectivity index is 1.86. The van der Waals surface area contributed by atoms with Crippen molar-refractivity contribution in [1.82, 2.24) is 4.98 Å². The SMILES string of the molecule is CC(=O)c1csc(C2Cc3ccccc3C2)n1. The number of carbonyl (C=O) groups excluding carboxylic acids is 1. The van der Waals surface area contributed by atoms with Crippen LogP contribution in [0.3, 0.4) is 0 Å². The Morgan fingerprint density at radius 1 is 1.29 bits per heavy atom. The van der Waals surface area contributed by atoms with E-state index in [0.29, 0.717) is 11.6 Å². The van der Waals surface area contributed by atoms with E-state index in [1.807, 2.05) is 5.38 Å². The molecule has 1 aliphatic rings. The summed E-state index contributed by atoms with van der Waals surface area (Å²) in [5.41, 5.74) is 3.47. The van der Waals surface area contributed by atoms with Gasteiger partial charge in [-0.1, -0.05) is 24.3 Å². The third-order valence-electron chi connectivity index (χ3n) is 3.28. The largest absolute Gasteiger partial charge is 0.293 e. The second-order valence-corrected chi connectivity index (χ2v) is 5.39. The molecule has 0 saturated carbocycles. The number of fused-ring (bicyclic) bond motifs is 1. The average molecular weight is 243 g/mol. The van der Waals surface area contributed by atoms with Crippen LogP contribution in [0.1, 0.15) is 39.5 Å². The van der Waals surface area contributed by atoms with Crippen LogP contribution >= 0.6 is 11.3 Å². The summed E-state index contributed by atoms with van der Waals surface area (Å²) in [6, 6.07) is 8.55. The number of ketones is 1. The molecule has 0 unspecified atom stereocenters. The van der Waals surface area contributed by atoms with Gasteiger partial charge in [-0.05, 0) is 24.0 Å². The molecule has 0 N–H and O–H groups in total. The average Bonchev–Trinajstić information content (AvgIpc) is 2.95. The second-order valence-electron chi connectivity index (χ2n) is 4.50. The Hall–Kier alpha value is -1.48. The predicted octanol–water partition coefficient (Wildman–Crippen LogP) is 3.23. The molecule has 0 aliphatic heterocycles. The van der Waals surface area contributed by atoms with E-state index in [1.54, 1.807) is 18.3 Å². The summed E-state index contributed by atoms with van der Waals surface area (Å²) in [6.45, 7) is 1.57. The molecule has 0 amide bonds. The molecule has 0 saturated heterocycles. The zero-order valence-electron chi connectivity index (χ0n) is 9.64. The van der Waals surface area contributed by atoms with Crippen molar-refractivity contribution < 1.29 is 4.79 Å². The van der Waals surface area contributed by atoms with Crippen molar-refractivity contribution in [1.29, 1.82) is 0 Å². The summed E-state index contributed by atoms with van der Waals surface area (Å²) in [4.78, 5) is 15.7. The van der Waals surface area contributed by atoms with Gasteiger partial charge in [0, 0.05) is 18.2 Å². The molecule has 17 heavy (non-hydrogen) atoms. The number of benzene rings is 1. The van der Waals surface area contributed by atoms with Crippen LogP contribution in [0, 0.1) is 0 Å². The lowest BCUT2D eigenvalue weighted by atomic mass is 10.1. The maximum absolute atomic E-state index is 11.2. The van der Waals surface area contributed by atoms with Gasteiger partial charge in [0.1, 0.15) is 5.69 Å². The van der Waals surface area contributed by atoms with Gasteiger partial charge < -0.3 is 0 Å². The Kier molecular flexibility index (Phi) is 2.56. The number of nitrogens with zero attached hydrogens (tertiary/aromatic N) is 1.